The zero-order valence-corrected chi connectivity index (χ0v) is 8.92. The highest BCUT2D eigenvalue weighted by Gasteiger charge is 2.20. The van der Waals surface area contributed by atoms with Gasteiger partial charge in [0.05, 0.1) is 6.10 Å². The molecule has 1 rings (SSSR count). The summed E-state index contributed by atoms with van der Waals surface area (Å²) in [6.07, 6.45) is 6.18. The number of nitrogens with one attached hydrogen (secondary N) is 1. The van der Waals surface area contributed by atoms with Crippen LogP contribution >= 0.6 is 0 Å². The summed E-state index contributed by atoms with van der Waals surface area (Å²) in [6, 6.07) is 0.701. The van der Waals surface area contributed by atoms with Crippen LogP contribution in [0.3, 0.4) is 0 Å². The summed E-state index contributed by atoms with van der Waals surface area (Å²) in [6.45, 7) is 5.15. The van der Waals surface area contributed by atoms with E-state index in [-0.39, 0.29) is 6.10 Å². The minimum absolute atomic E-state index is 0.161. The molecule has 0 aliphatic heterocycles. The highest BCUT2D eigenvalue weighted by atomic mass is 16.3. The van der Waals surface area contributed by atoms with E-state index in [1.165, 1.54) is 25.7 Å². The molecule has 0 spiro atoms. The van der Waals surface area contributed by atoms with Gasteiger partial charge in [-0.25, -0.2) is 0 Å². The fourth-order valence-corrected chi connectivity index (χ4v) is 2.10. The van der Waals surface area contributed by atoms with Crippen LogP contribution in [0.1, 0.15) is 46.0 Å². The van der Waals surface area contributed by atoms with Gasteiger partial charge >= 0.3 is 0 Å². The Balaban J connectivity index is 2.11. The van der Waals surface area contributed by atoms with Crippen molar-refractivity contribution >= 4 is 0 Å². The topological polar surface area (TPSA) is 32.3 Å². The molecule has 0 aromatic heterocycles. The smallest absolute Gasteiger partial charge is 0.0524 e. The highest BCUT2D eigenvalue weighted by Crippen LogP contribution is 2.23. The lowest BCUT2D eigenvalue weighted by Gasteiger charge is -2.29. The molecule has 13 heavy (non-hydrogen) atoms. The van der Waals surface area contributed by atoms with Crippen molar-refractivity contribution < 1.29 is 5.11 Å². The molecule has 0 amide bonds. The van der Waals surface area contributed by atoms with Gasteiger partial charge in [0.1, 0.15) is 0 Å². The van der Waals surface area contributed by atoms with Gasteiger partial charge in [0, 0.05) is 6.04 Å². The van der Waals surface area contributed by atoms with Crippen LogP contribution in [0.2, 0.25) is 0 Å². The maximum atomic E-state index is 9.11. The van der Waals surface area contributed by atoms with Crippen LogP contribution < -0.4 is 5.32 Å². The van der Waals surface area contributed by atoms with Gasteiger partial charge in [-0.05, 0) is 38.6 Å². The molecular weight excluding hydrogens is 162 g/mol. The Labute approximate surface area is 81.7 Å². The maximum Gasteiger partial charge on any atom is 0.0524 e. The SMILES string of the molecule is C[C@H](O)CCN[C@H]1CCCC[C@H]1C. The third-order valence-corrected chi connectivity index (χ3v) is 3.08. The van der Waals surface area contributed by atoms with E-state index in [2.05, 4.69) is 12.2 Å². The van der Waals surface area contributed by atoms with Crippen LogP contribution in [-0.4, -0.2) is 23.8 Å². The molecule has 0 radical (unpaired) electrons. The van der Waals surface area contributed by atoms with Gasteiger partial charge < -0.3 is 10.4 Å². The second-order valence-electron chi connectivity index (χ2n) is 4.46. The first-order valence-electron chi connectivity index (χ1n) is 5.61. The lowest BCUT2D eigenvalue weighted by molar-refractivity contribution is 0.177. The normalized spacial score (nSPS) is 31.6. The van der Waals surface area contributed by atoms with E-state index in [0.717, 1.165) is 18.9 Å². The van der Waals surface area contributed by atoms with E-state index in [9.17, 15) is 0 Å². The van der Waals surface area contributed by atoms with Gasteiger partial charge in [0.2, 0.25) is 0 Å². The molecule has 1 fully saturated rings. The van der Waals surface area contributed by atoms with Crippen molar-refractivity contribution in [2.75, 3.05) is 6.54 Å². The molecule has 0 bridgehead atoms. The van der Waals surface area contributed by atoms with Crippen LogP contribution in [-0.2, 0) is 0 Å². The van der Waals surface area contributed by atoms with Crippen molar-refractivity contribution in [3.05, 3.63) is 0 Å². The molecule has 78 valence electrons. The van der Waals surface area contributed by atoms with E-state index in [1.807, 2.05) is 6.92 Å². The number of rotatable bonds is 4. The van der Waals surface area contributed by atoms with Gasteiger partial charge in [0.25, 0.3) is 0 Å². The average Bonchev–Trinajstić information content (AvgIpc) is 2.08. The first kappa shape index (κ1) is 11.0. The van der Waals surface area contributed by atoms with Crippen molar-refractivity contribution in [3.8, 4) is 0 Å². The van der Waals surface area contributed by atoms with E-state index in [1.54, 1.807) is 0 Å². The molecule has 0 aromatic carbocycles. The van der Waals surface area contributed by atoms with Crippen LogP contribution in [0.4, 0.5) is 0 Å². The minimum Gasteiger partial charge on any atom is -0.393 e. The fourth-order valence-electron chi connectivity index (χ4n) is 2.10. The minimum atomic E-state index is -0.161. The summed E-state index contributed by atoms with van der Waals surface area (Å²) < 4.78 is 0. The quantitative estimate of drug-likeness (QED) is 0.701. The number of aliphatic hydroxyl groups is 1. The number of hydrogen-bond donors (Lipinski definition) is 2. The summed E-state index contributed by atoms with van der Waals surface area (Å²) in [5, 5.41) is 12.7. The lowest BCUT2D eigenvalue weighted by Crippen LogP contribution is -2.38. The molecule has 0 heterocycles. The molecule has 2 N–H and O–H groups in total. The largest absolute Gasteiger partial charge is 0.393 e. The molecule has 0 aromatic rings. The average molecular weight is 185 g/mol. The molecule has 2 nitrogen and oxygen atoms in total. The van der Waals surface area contributed by atoms with Crippen LogP contribution in [0, 0.1) is 5.92 Å². The van der Waals surface area contributed by atoms with Crippen LogP contribution in [0.15, 0.2) is 0 Å². The molecule has 1 saturated carbocycles. The monoisotopic (exact) mass is 185 g/mol. The summed E-state index contributed by atoms with van der Waals surface area (Å²) in [7, 11) is 0. The molecule has 1 aliphatic rings. The third kappa shape index (κ3) is 4.10. The first-order valence-corrected chi connectivity index (χ1v) is 5.61. The van der Waals surface area contributed by atoms with Crippen molar-refractivity contribution in [2.24, 2.45) is 5.92 Å². The molecular formula is C11H23NO. The van der Waals surface area contributed by atoms with Crippen LogP contribution in [0.25, 0.3) is 0 Å². The van der Waals surface area contributed by atoms with Crippen molar-refractivity contribution in [1.82, 2.24) is 5.32 Å². The van der Waals surface area contributed by atoms with Crippen molar-refractivity contribution in [1.29, 1.82) is 0 Å². The summed E-state index contributed by atoms with van der Waals surface area (Å²) in [5.41, 5.74) is 0. The summed E-state index contributed by atoms with van der Waals surface area (Å²) >= 11 is 0. The highest BCUT2D eigenvalue weighted by molar-refractivity contribution is 4.77. The van der Waals surface area contributed by atoms with E-state index < -0.39 is 0 Å². The predicted molar refractivity (Wildman–Crippen MR) is 55.7 cm³/mol. The lowest BCUT2D eigenvalue weighted by atomic mass is 9.86. The molecule has 0 unspecified atom stereocenters. The fraction of sp³-hybridized carbons (Fsp3) is 1.00. The molecule has 2 heteroatoms. The second-order valence-corrected chi connectivity index (χ2v) is 4.46. The van der Waals surface area contributed by atoms with E-state index in [4.69, 9.17) is 5.11 Å². The number of hydrogen-bond acceptors (Lipinski definition) is 2. The van der Waals surface area contributed by atoms with Gasteiger partial charge in [-0.15, -0.1) is 0 Å². The Kier molecular flexibility index (Phi) is 4.74. The summed E-state index contributed by atoms with van der Waals surface area (Å²) in [5.74, 6) is 0.822. The number of aliphatic hydroxyl groups excluding tert-OH is 1. The predicted octanol–water partition coefficient (Wildman–Crippen LogP) is 1.93. The summed E-state index contributed by atoms with van der Waals surface area (Å²) in [4.78, 5) is 0. The Morgan fingerprint density at radius 1 is 1.38 bits per heavy atom. The molecule has 1 aliphatic carbocycles. The van der Waals surface area contributed by atoms with Gasteiger partial charge in [-0.2, -0.15) is 0 Å². The Morgan fingerprint density at radius 2 is 2.08 bits per heavy atom. The zero-order valence-electron chi connectivity index (χ0n) is 8.92. The van der Waals surface area contributed by atoms with E-state index in [0.29, 0.717) is 6.04 Å². The van der Waals surface area contributed by atoms with Gasteiger partial charge in [-0.3, -0.25) is 0 Å². The zero-order chi connectivity index (χ0) is 9.68. The van der Waals surface area contributed by atoms with Crippen molar-refractivity contribution in [3.63, 3.8) is 0 Å². The Bertz CT molecular complexity index is 136. The van der Waals surface area contributed by atoms with E-state index >= 15 is 0 Å². The van der Waals surface area contributed by atoms with Crippen molar-refractivity contribution in [2.45, 2.75) is 58.1 Å². The van der Waals surface area contributed by atoms with Gasteiger partial charge in [0.15, 0.2) is 0 Å². The maximum absolute atomic E-state index is 9.11. The molecule has 0 saturated heterocycles. The second kappa shape index (κ2) is 5.61. The standard InChI is InChI=1S/C11H23NO/c1-9-5-3-4-6-11(9)12-8-7-10(2)13/h9-13H,3-8H2,1-2H3/t9-,10+,11+/m1/s1. The Morgan fingerprint density at radius 3 is 2.69 bits per heavy atom. The Hall–Kier alpha value is -0.0800. The third-order valence-electron chi connectivity index (χ3n) is 3.08. The van der Waals surface area contributed by atoms with Crippen LogP contribution in [0.5, 0.6) is 0 Å². The first-order chi connectivity index (χ1) is 6.20. The van der Waals surface area contributed by atoms with Gasteiger partial charge in [-0.1, -0.05) is 19.8 Å². The molecule has 3 atom stereocenters.